The van der Waals surface area contributed by atoms with Crippen LogP contribution in [0.15, 0.2) is 65.3 Å². The molecule has 0 bridgehead atoms. The SMILES string of the molecule is CCC1=CC2=C(C=CC=CC2c2ccc(C(C)(C)C)c(Cl)c2)C1. The van der Waals surface area contributed by atoms with Crippen LogP contribution in [0.4, 0.5) is 0 Å². The van der Waals surface area contributed by atoms with Crippen LogP contribution in [-0.4, -0.2) is 0 Å². The van der Waals surface area contributed by atoms with E-state index < -0.39 is 0 Å². The largest absolute Gasteiger partial charge is 0.0840 e. The van der Waals surface area contributed by atoms with Crippen LogP contribution in [0.1, 0.15) is 57.6 Å². The van der Waals surface area contributed by atoms with Crippen LogP contribution in [0.5, 0.6) is 0 Å². The summed E-state index contributed by atoms with van der Waals surface area (Å²) in [5, 5.41) is 0.875. The van der Waals surface area contributed by atoms with Crippen LogP contribution < -0.4 is 0 Å². The van der Waals surface area contributed by atoms with E-state index in [1.54, 1.807) is 0 Å². The van der Waals surface area contributed by atoms with Crippen LogP contribution in [0.25, 0.3) is 0 Å². The van der Waals surface area contributed by atoms with Crippen molar-refractivity contribution in [3.05, 3.63) is 81.4 Å². The number of hydrogen-bond acceptors (Lipinski definition) is 0. The molecule has 1 heteroatoms. The Hall–Kier alpha value is -1.53. The van der Waals surface area contributed by atoms with E-state index in [0.29, 0.717) is 5.92 Å². The zero-order valence-corrected chi connectivity index (χ0v) is 15.2. The van der Waals surface area contributed by atoms with E-state index in [9.17, 15) is 0 Å². The minimum atomic E-state index is 0.0729. The topological polar surface area (TPSA) is 0 Å². The molecule has 1 unspecified atom stereocenters. The zero-order chi connectivity index (χ0) is 16.6. The van der Waals surface area contributed by atoms with Crippen molar-refractivity contribution >= 4 is 11.6 Å². The van der Waals surface area contributed by atoms with E-state index >= 15 is 0 Å². The quantitative estimate of drug-likeness (QED) is 0.556. The molecule has 1 aromatic rings. The van der Waals surface area contributed by atoms with Gasteiger partial charge >= 0.3 is 0 Å². The van der Waals surface area contributed by atoms with E-state index in [4.69, 9.17) is 11.6 Å². The molecule has 3 rings (SSSR count). The van der Waals surface area contributed by atoms with Gasteiger partial charge in [-0.25, -0.2) is 0 Å². The molecule has 0 nitrogen and oxygen atoms in total. The second-order valence-electron chi connectivity index (χ2n) is 7.52. The molecule has 1 atom stereocenters. The van der Waals surface area contributed by atoms with Crippen molar-refractivity contribution in [3.63, 3.8) is 0 Å². The van der Waals surface area contributed by atoms with Gasteiger partial charge in [-0.1, -0.05) is 87.4 Å². The molecular weight excluding hydrogens is 300 g/mol. The normalized spacial score (nSPS) is 20.6. The number of allylic oxidation sites excluding steroid dienone is 8. The van der Waals surface area contributed by atoms with Gasteiger partial charge in [0.1, 0.15) is 0 Å². The Kier molecular flexibility index (Phi) is 4.38. The Balaban J connectivity index is 2.02. The summed E-state index contributed by atoms with van der Waals surface area (Å²) in [4.78, 5) is 0. The van der Waals surface area contributed by atoms with Crippen molar-refractivity contribution in [2.24, 2.45) is 0 Å². The molecule has 2 aliphatic carbocycles. The Bertz CT molecular complexity index is 736. The summed E-state index contributed by atoms with van der Waals surface area (Å²) in [7, 11) is 0. The lowest BCUT2D eigenvalue weighted by atomic mass is 9.84. The van der Waals surface area contributed by atoms with Crippen molar-refractivity contribution in [2.45, 2.75) is 51.9 Å². The van der Waals surface area contributed by atoms with Gasteiger partial charge in [0.2, 0.25) is 0 Å². The first-order valence-electron chi connectivity index (χ1n) is 8.47. The summed E-state index contributed by atoms with van der Waals surface area (Å²) >= 11 is 6.60. The second kappa shape index (κ2) is 6.17. The third kappa shape index (κ3) is 3.23. The van der Waals surface area contributed by atoms with Crippen molar-refractivity contribution in [1.29, 1.82) is 0 Å². The molecule has 0 amide bonds. The van der Waals surface area contributed by atoms with Gasteiger partial charge in [-0.15, -0.1) is 0 Å². The summed E-state index contributed by atoms with van der Waals surface area (Å²) < 4.78 is 0. The van der Waals surface area contributed by atoms with Gasteiger partial charge in [-0.05, 0) is 46.6 Å². The fourth-order valence-corrected chi connectivity index (χ4v) is 3.93. The van der Waals surface area contributed by atoms with E-state index in [1.807, 2.05) is 0 Å². The first kappa shape index (κ1) is 16.3. The lowest BCUT2D eigenvalue weighted by Gasteiger charge is -2.23. The summed E-state index contributed by atoms with van der Waals surface area (Å²) in [6, 6.07) is 6.60. The monoisotopic (exact) mass is 324 g/mol. The Morgan fingerprint density at radius 3 is 2.61 bits per heavy atom. The third-order valence-corrected chi connectivity index (χ3v) is 5.12. The highest BCUT2D eigenvalue weighted by Gasteiger charge is 2.24. The predicted octanol–water partition coefficient (Wildman–Crippen LogP) is 6.88. The summed E-state index contributed by atoms with van der Waals surface area (Å²) in [6.45, 7) is 8.85. The average Bonchev–Trinajstić information content (AvgIpc) is 2.79. The molecule has 120 valence electrons. The van der Waals surface area contributed by atoms with Crippen molar-refractivity contribution in [1.82, 2.24) is 0 Å². The highest BCUT2D eigenvalue weighted by molar-refractivity contribution is 6.31. The second-order valence-corrected chi connectivity index (χ2v) is 7.93. The number of rotatable bonds is 2. The molecule has 0 heterocycles. The molecule has 0 saturated heterocycles. The first-order chi connectivity index (χ1) is 10.9. The molecule has 0 fully saturated rings. The number of benzene rings is 1. The Labute approximate surface area is 145 Å². The van der Waals surface area contributed by atoms with Gasteiger partial charge in [-0.3, -0.25) is 0 Å². The first-order valence-corrected chi connectivity index (χ1v) is 8.85. The highest BCUT2D eigenvalue weighted by atomic mass is 35.5. The van der Waals surface area contributed by atoms with Gasteiger partial charge in [-0.2, -0.15) is 0 Å². The Morgan fingerprint density at radius 2 is 1.96 bits per heavy atom. The molecule has 23 heavy (non-hydrogen) atoms. The fourth-order valence-electron chi connectivity index (χ4n) is 3.46. The van der Waals surface area contributed by atoms with E-state index in [2.05, 4.69) is 76.3 Å². The molecule has 0 spiro atoms. The van der Waals surface area contributed by atoms with Crippen molar-refractivity contribution in [2.75, 3.05) is 0 Å². The number of hydrogen-bond donors (Lipinski definition) is 0. The van der Waals surface area contributed by atoms with Crippen LogP contribution in [0.2, 0.25) is 5.02 Å². The maximum absolute atomic E-state index is 6.60. The maximum atomic E-state index is 6.60. The van der Waals surface area contributed by atoms with Gasteiger partial charge < -0.3 is 0 Å². The molecule has 0 radical (unpaired) electrons. The summed E-state index contributed by atoms with van der Waals surface area (Å²) in [6.07, 6.45) is 13.5. The smallest absolute Gasteiger partial charge is 0.0446 e. The highest BCUT2D eigenvalue weighted by Crippen LogP contribution is 2.41. The van der Waals surface area contributed by atoms with E-state index in [1.165, 1.54) is 27.8 Å². The van der Waals surface area contributed by atoms with Gasteiger partial charge in [0.05, 0.1) is 0 Å². The minimum Gasteiger partial charge on any atom is -0.0840 e. The average molecular weight is 325 g/mol. The van der Waals surface area contributed by atoms with Crippen LogP contribution in [-0.2, 0) is 5.41 Å². The third-order valence-electron chi connectivity index (χ3n) is 4.81. The standard InChI is InChI=1S/C22H25Cl/c1-5-15-12-16-8-6-7-9-18(19(16)13-15)17-10-11-20(21(23)14-17)22(2,3)4/h6-11,13-14,18H,5,12H2,1-4H3. The van der Waals surface area contributed by atoms with E-state index in [-0.39, 0.29) is 5.41 Å². The molecule has 0 aliphatic heterocycles. The molecular formula is C22H25Cl. The van der Waals surface area contributed by atoms with Crippen molar-refractivity contribution < 1.29 is 0 Å². The van der Waals surface area contributed by atoms with Crippen LogP contribution in [0, 0.1) is 0 Å². The van der Waals surface area contributed by atoms with Crippen LogP contribution >= 0.6 is 11.6 Å². The number of halogens is 1. The zero-order valence-electron chi connectivity index (χ0n) is 14.5. The van der Waals surface area contributed by atoms with Gasteiger partial charge in [0.15, 0.2) is 0 Å². The summed E-state index contributed by atoms with van der Waals surface area (Å²) in [5.41, 5.74) is 6.98. The molecule has 0 N–H and O–H groups in total. The fraction of sp³-hybridized carbons (Fsp3) is 0.364. The minimum absolute atomic E-state index is 0.0729. The lowest BCUT2D eigenvalue weighted by molar-refractivity contribution is 0.590. The van der Waals surface area contributed by atoms with Crippen LogP contribution in [0.3, 0.4) is 0 Å². The molecule has 2 aliphatic rings. The van der Waals surface area contributed by atoms with E-state index in [0.717, 1.165) is 17.9 Å². The van der Waals surface area contributed by atoms with Crippen molar-refractivity contribution in [3.8, 4) is 0 Å². The predicted molar refractivity (Wildman–Crippen MR) is 101 cm³/mol. The Morgan fingerprint density at radius 1 is 1.17 bits per heavy atom. The molecule has 0 saturated carbocycles. The lowest BCUT2D eigenvalue weighted by Crippen LogP contribution is -2.12. The maximum Gasteiger partial charge on any atom is 0.0446 e. The molecule has 0 aromatic heterocycles. The molecule has 1 aromatic carbocycles. The van der Waals surface area contributed by atoms with Gasteiger partial charge in [0, 0.05) is 10.9 Å². The van der Waals surface area contributed by atoms with Gasteiger partial charge in [0.25, 0.3) is 0 Å². The summed E-state index contributed by atoms with van der Waals surface area (Å²) in [5.74, 6) is 0.301.